The van der Waals surface area contributed by atoms with Gasteiger partial charge in [-0.05, 0) is 62.1 Å². The van der Waals surface area contributed by atoms with Crippen molar-refractivity contribution in [3.05, 3.63) is 35.6 Å². The van der Waals surface area contributed by atoms with Crippen LogP contribution in [0, 0.1) is 17.7 Å². The second-order valence-corrected chi connectivity index (χ2v) is 8.55. The van der Waals surface area contributed by atoms with Gasteiger partial charge in [-0.2, -0.15) is 0 Å². The van der Waals surface area contributed by atoms with Crippen LogP contribution in [0.15, 0.2) is 24.3 Å². The summed E-state index contributed by atoms with van der Waals surface area (Å²) >= 11 is 0. The third-order valence-electron chi connectivity index (χ3n) is 6.72. The molecule has 3 rings (SSSR count). The first-order valence-corrected chi connectivity index (χ1v) is 10.5. The van der Waals surface area contributed by atoms with E-state index >= 15 is 0 Å². The molecule has 0 unspecified atom stereocenters. The van der Waals surface area contributed by atoms with Crippen LogP contribution in [0.5, 0.6) is 0 Å². The molecular weight excluding hydrogens is 412 g/mol. The molecule has 5 nitrogen and oxygen atoms in total. The number of likely N-dealkylation sites (tertiary alicyclic amines) is 1. The van der Waals surface area contributed by atoms with E-state index in [0.29, 0.717) is 24.4 Å². The molecular formula is C22H32ClF2N3O2. The Labute approximate surface area is 183 Å². The molecule has 3 atom stereocenters. The lowest BCUT2D eigenvalue weighted by atomic mass is 9.75. The second kappa shape index (κ2) is 10.5. The van der Waals surface area contributed by atoms with E-state index in [4.69, 9.17) is 5.73 Å². The van der Waals surface area contributed by atoms with Crippen molar-refractivity contribution in [1.29, 1.82) is 0 Å². The van der Waals surface area contributed by atoms with E-state index in [9.17, 15) is 18.4 Å². The van der Waals surface area contributed by atoms with Crippen LogP contribution in [-0.2, 0) is 4.79 Å². The molecule has 2 amide bonds. The molecule has 2 aliphatic rings. The van der Waals surface area contributed by atoms with Crippen LogP contribution >= 0.6 is 12.4 Å². The number of benzene rings is 1. The number of nitrogens with zero attached hydrogens (tertiary/aromatic N) is 2. The van der Waals surface area contributed by atoms with Gasteiger partial charge in [-0.15, -0.1) is 12.4 Å². The molecule has 30 heavy (non-hydrogen) atoms. The van der Waals surface area contributed by atoms with Crippen LogP contribution < -0.4 is 5.73 Å². The summed E-state index contributed by atoms with van der Waals surface area (Å²) in [5.74, 6) is -0.448. The van der Waals surface area contributed by atoms with Gasteiger partial charge in [0, 0.05) is 25.2 Å². The van der Waals surface area contributed by atoms with Crippen molar-refractivity contribution in [3.63, 3.8) is 0 Å². The molecule has 1 aromatic carbocycles. The summed E-state index contributed by atoms with van der Waals surface area (Å²) in [5, 5.41) is 0. The average molecular weight is 444 g/mol. The second-order valence-electron chi connectivity index (χ2n) is 8.55. The van der Waals surface area contributed by atoms with Crippen molar-refractivity contribution in [2.75, 3.05) is 20.1 Å². The van der Waals surface area contributed by atoms with Gasteiger partial charge in [0.25, 0.3) is 5.91 Å². The van der Waals surface area contributed by atoms with Gasteiger partial charge in [0.1, 0.15) is 12.0 Å². The Hall–Kier alpha value is -1.73. The Balaban J connectivity index is 0.00000320. The molecule has 1 aliphatic heterocycles. The predicted octanol–water partition coefficient (Wildman–Crippen LogP) is 3.41. The molecule has 1 aliphatic carbocycles. The van der Waals surface area contributed by atoms with Gasteiger partial charge in [0.15, 0.2) is 0 Å². The van der Waals surface area contributed by atoms with Gasteiger partial charge in [-0.25, -0.2) is 8.78 Å². The van der Waals surface area contributed by atoms with E-state index < -0.39 is 18.0 Å². The number of amides is 2. The molecule has 1 heterocycles. The molecule has 1 saturated carbocycles. The normalized spacial score (nSPS) is 25.9. The number of hydrogen-bond donors (Lipinski definition) is 1. The van der Waals surface area contributed by atoms with E-state index in [1.165, 1.54) is 12.1 Å². The van der Waals surface area contributed by atoms with Gasteiger partial charge in [-0.3, -0.25) is 9.59 Å². The van der Waals surface area contributed by atoms with Crippen molar-refractivity contribution in [2.24, 2.45) is 17.6 Å². The van der Waals surface area contributed by atoms with Crippen molar-refractivity contribution < 1.29 is 18.4 Å². The van der Waals surface area contributed by atoms with Crippen molar-refractivity contribution in [1.82, 2.24) is 9.80 Å². The number of hydrogen-bond acceptors (Lipinski definition) is 3. The standard InChI is InChI=1S/C22H31F2N3O2.ClH/c1-14(20(25)22(29)27-11-10-18(24)13-27)15-6-8-19(9-7-15)26(2)21(28)16-4-3-5-17(23)12-16;/h3-5,12,14-15,18-20H,6-11,13,25H2,1-2H3;1H/t14-,15?,18-,19?,20-;/m0./s1. The maximum Gasteiger partial charge on any atom is 0.253 e. The lowest BCUT2D eigenvalue weighted by Crippen LogP contribution is -2.49. The molecule has 168 valence electrons. The van der Waals surface area contributed by atoms with Crippen molar-refractivity contribution in [3.8, 4) is 0 Å². The van der Waals surface area contributed by atoms with Gasteiger partial charge in [0.05, 0.1) is 12.6 Å². The Morgan fingerprint density at radius 3 is 2.43 bits per heavy atom. The Bertz CT molecular complexity index is 743. The minimum absolute atomic E-state index is 0. The molecule has 1 aromatic rings. The number of nitrogens with two attached hydrogens (primary N) is 1. The van der Waals surface area contributed by atoms with Crippen LogP contribution in [0.2, 0.25) is 0 Å². The highest BCUT2D eigenvalue weighted by Gasteiger charge is 2.36. The van der Waals surface area contributed by atoms with Gasteiger partial charge < -0.3 is 15.5 Å². The zero-order valence-electron chi connectivity index (χ0n) is 17.6. The maximum atomic E-state index is 13.4. The Morgan fingerprint density at radius 2 is 1.87 bits per heavy atom. The SMILES string of the molecule is C[C@@H](C1CCC(N(C)C(=O)c2cccc(F)c2)CC1)[C@H](N)C(=O)N1CC[C@H](F)C1.Cl. The third-order valence-corrected chi connectivity index (χ3v) is 6.72. The van der Waals surface area contributed by atoms with Crippen LogP contribution in [0.25, 0.3) is 0 Å². The Morgan fingerprint density at radius 1 is 1.20 bits per heavy atom. The quantitative estimate of drug-likeness (QED) is 0.758. The highest BCUT2D eigenvalue weighted by molar-refractivity contribution is 5.94. The van der Waals surface area contributed by atoms with Gasteiger partial charge in [-0.1, -0.05) is 13.0 Å². The smallest absolute Gasteiger partial charge is 0.253 e. The lowest BCUT2D eigenvalue weighted by Gasteiger charge is -2.38. The number of carbonyl (C=O) groups is 2. The van der Waals surface area contributed by atoms with E-state index in [2.05, 4.69) is 0 Å². The summed E-state index contributed by atoms with van der Waals surface area (Å²) in [5.41, 5.74) is 6.59. The van der Waals surface area contributed by atoms with Gasteiger partial charge in [0.2, 0.25) is 5.91 Å². The zero-order valence-corrected chi connectivity index (χ0v) is 18.4. The average Bonchev–Trinajstić information content (AvgIpc) is 3.17. The summed E-state index contributed by atoms with van der Waals surface area (Å²) < 4.78 is 26.8. The number of halogens is 3. The fourth-order valence-electron chi connectivity index (χ4n) is 4.65. The zero-order chi connectivity index (χ0) is 21.1. The van der Waals surface area contributed by atoms with Crippen LogP contribution in [0.4, 0.5) is 8.78 Å². The summed E-state index contributed by atoms with van der Waals surface area (Å²) in [7, 11) is 1.76. The Kier molecular flexibility index (Phi) is 8.62. The number of alkyl halides is 1. The maximum absolute atomic E-state index is 13.4. The molecule has 8 heteroatoms. The molecule has 0 bridgehead atoms. The fourth-order valence-corrected chi connectivity index (χ4v) is 4.65. The van der Waals surface area contributed by atoms with Crippen LogP contribution in [0.1, 0.15) is 49.4 Å². The minimum atomic E-state index is -0.942. The molecule has 0 aromatic heterocycles. The van der Waals surface area contributed by atoms with E-state index in [0.717, 1.165) is 25.7 Å². The first kappa shape index (κ1) is 24.5. The first-order valence-electron chi connectivity index (χ1n) is 10.5. The largest absolute Gasteiger partial charge is 0.339 e. The van der Waals surface area contributed by atoms with E-state index in [1.54, 1.807) is 29.0 Å². The van der Waals surface area contributed by atoms with E-state index in [1.807, 2.05) is 6.92 Å². The highest BCUT2D eigenvalue weighted by atomic mass is 35.5. The van der Waals surface area contributed by atoms with E-state index in [-0.39, 0.29) is 42.7 Å². The van der Waals surface area contributed by atoms with Crippen molar-refractivity contribution >= 4 is 24.2 Å². The molecule has 2 fully saturated rings. The van der Waals surface area contributed by atoms with Crippen LogP contribution in [0.3, 0.4) is 0 Å². The molecule has 2 N–H and O–H groups in total. The topological polar surface area (TPSA) is 66.6 Å². The lowest BCUT2D eigenvalue weighted by molar-refractivity contribution is -0.133. The molecule has 0 radical (unpaired) electrons. The van der Waals surface area contributed by atoms with Crippen molar-refractivity contribution in [2.45, 2.75) is 57.3 Å². The summed E-state index contributed by atoms with van der Waals surface area (Å²) in [6.45, 7) is 2.59. The first-order chi connectivity index (χ1) is 13.8. The van der Waals surface area contributed by atoms with Gasteiger partial charge >= 0.3 is 0 Å². The fraction of sp³-hybridized carbons (Fsp3) is 0.636. The molecule has 1 saturated heterocycles. The third kappa shape index (κ3) is 5.49. The highest BCUT2D eigenvalue weighted by Crippen LogP contribution is 2.34. The monoisotopic (exact) mass is 443 g/mol. The summed E-state index contributed by atoms with van der Waals surface area (Å²) in [6, 6.07) is 5.22. The minimum Gasteiger partial charge on any atom is -0.339 e. The molecule has 0 spiro atoms. The summed E-state index contributed by atoms with van der Waals surface area (Å²) in [6.07, 6.45) is 2.85. The van der Waals surface area contributed by atoms with Crippen LogP contribution in [-0.4, -0.2) is 60.0 Å². The number of rotatable bonds is 5. The number of carbonyl (C=O) groups excluding carboxylic acids is 2. The predicted molar refractivity (Wildman–Crippen MR) is 115 cm³/mol. The summed E-state index contributed by atoms with van der Waals surface area (Å²) in [4.78, 5) is 28.5.